The summed E-state index contributed by atoms with van der Waals surface area (Å²) in [5.74, 6) is 0.469. The van der Waals surface area contributed by atoms with Crippen molar-refractivity contribution in [3.8, 4) is 0 Å². The number of amides is 1. The van der Waals surface area contributed by atoms with Crippen LogP contribution in [0.4, 0.5) is 0 Å². The van der Waals surface area contributed by atoms with E-state index in [1.807, 2.05) is 0 Å². The molecule has 0 heterocycles. The van der Waals surface area contributed by atoms with Crippen LogP contribution in [0.5, 0.6) is 0 Å². The van der Waals surface area contributed by atoms with Gasteiger partial charge in [-0.3, -0.25) is 4.79 Å². The lowest BCUT2D eigenvalue weighted by Gasteiger charge is -2.23. The topological polar surface area (TPSA) is 40.5 Å². The molecular weight excluding hydrogens is 166 g/mol. The summed E-state index contributed by atoms with van der Waals surface area (Å²) in [4.78, 5) is 13.1. The molecule has 0 spiro atoms. The first-order valence-corrected chi connectivity index (χ1v) is 4.68. The van der Waals surface area contributed by atoms with Gasteiger partial charge in [0.1, 0.15) is 0 Å². The van der Waals surface area contributed by atoms with Crippen LogP contribution in [0, 0.1) is 5.92 Å². The molecule has 1 N–H and O–H groups in total. The summed E-state index contributed by atoms with van der Waals surface area (Å²) >= 11 is 0. The lowest BCUT2D eigenvalue weighted by molar-refractivity contribution is -0.134. The van der Waals surface area contributed by atoms with Crippen LogP contribution in [0.1, 0.15) is 34.1 Å². The minimum absolute atomic E-state index is 0.00111. The van der Waals surface area contributed by atoms with E-state index in [2.05, 4.69) is 13.8 Å². The summed E-state index contributed by atoms with van der Waals surface area (Å²) in [6.45, 7) is 8.17. The van der Waals surface area contributed by atoms with Crippen molar-refractivity contribution in [3.05, 3.63) is 0 Å². The molecule has 0 aliphatic carbocycles. The zero-order valence-electron chi connectivity index (χ0n) is 9.29. The van der Waals surface area contributed by atoms with Gasteiger partial charge in [0.05, 0.1) is 12.0 Å². The molecule has 0 radical (unpaired) electrons. The third-order valence-electron chi connectivity index (χ3n) is 1.65. The molecule has 0 unspecified atom stereocenters. The van der Waals surface area contributed by atoms with Crippen LogP contribution in [0.25, 0.3) is 0 Å². The second-order valence-electron chi connectivity index (χ2n) is 4.66. The van der Waals surface area contributed by atoms with E-state index in [0.717, 1.165) is 6.54 Å². The fraction of sp³-hybridized carbons (Fsp3) is 0.900. The van der Waals surface area contributed by atoms with Gasteiger partial charge in [-0.25, -0.2) is 0 Å². The number of carbonyl (C=O) groups is 1. The number of aliphatic hydroxyl groups is 1. The molecule has 0 aliphatic rings. The summed E-state index contributed by atoms with van der Waals surface area (Å²) < 4.78 is 0. The molecule has 3 nitrogen and oxygen atoms in total. The monoisotopic (exact) mass is 187 g/mol. The Balaban J connectivity index is 3.97. The number of hydrogen-bond acceptors (Lipinski definition) is 2. The van der Waals surface area contributed by atoms with Gasteiger partial charge in [0.2, 0.25) is 5.91 Å². The SMILES string of the molecule is CC(C)CN(C)C(=O)CC(C)(C)O. The van der Waals surface area contributed by atoms with Crippen molar-refractivity contribution >= 4 is 5.91 Å². The van der Waals surface area contributed by atoms with Crippen molar-refractivity contribution in [1.82, 2.24) is 4.90 Å². The van der Waals surface area contributed by atoms with Gasteiger partial charge in [-0.1, -0.05) is 13.8 Å². The molecule has 0 aromatic heterocycles. The van der Waals surface area contributed by atoms with Crippen molar-refractivity contribution in [2.24, 2.45) is 5.92 Å². The molecule has 0 atom stereocenters. The fourth-order valence-corrected chi connectivity index (χ4v) is 1.15. The largest absolute Gasteiger partial charge is 0.390 e. The smallest absolute Gasteiger partial charge is 0.225 e. The third-order valence-corrected chi connectivity index (χ3v) is 1.65. The highest BCUT2D eigenvalue weighted by molar-refractivity contribution is 5.76. The quantitative estimate of drug-likeness (QED) is 0.720. The predicted octanol–water partition coefficient (Wildman–Crippen LogP) is 1.26. The van der Waals surface area contributed by atoms with Gasteiger partial charge in [-0.15, -0.1) is 0 Å². The Labute approximate surface area is 80.7 Å². The molecule has 0 bridgehead atoms. The van der Waals surface area contributed by atoms with E-state index >= 15 is 0 Å². The van der Waals surface area contributed by atoms with Crippen LogP contribution in [0.3, 0.4) is 0 Å². The number of rotatable bonds is 4. The molecule has 0 saturated carbocycles. The van der Waals surface area contributed by atoms with Crippen molar-refractivity contribution in [2.45, 2.75) is 39.7 Å². The van der Waals surface area contributed by atoms with Crippen molar-refractivity contribution in [2.75, 3.05) is 13.6 Å². The Kier molecular flexibility index (Phi) is 4.40. The molecule has 0 rings (SSSR count). The molecule has 3 heteroatoms. The van der Waals surface area contributed by atoms with E-state index in [4.69, 9.17) is 0 Å². The number of carbonyl (C=O) groups excluding carboxylic acids is 1. The zero-order chi connectivity index (χ0) is 10.6. The molecule has 0 fully saturated rings. The summed E-state index contributed by atoms with van der Waals surface area (Å²) in [6, 6.07) is 0. The first kappa shape index (κ1) is 12.4. The Hall–Kier alpha value is -0.570. The minimum atomic E-state index is -0.900. The average Bonchev–Trinajstić information content (AvgIpc) is 1.81. The van der Waals surface area contributed by atoms with Gasteiger partial charge in [0.25, 0.3) is 0 Å². The summed E-state index contributed by atoms with van der Waals surface area (Å²) in [5.41, 5.74) is -0.900. The van der Waals surface area contributed by atoms with Gasteiger partial charge in [-0.2, -0.15) is 0 Å². The van der Waals surface area contributed by atoms with E-state index in [-0.39, 0.29) is 12.3 Å². The highest BCUT2D eigenvalue weighted by atomic mass is 16.3. The maximum atomic E-state index is 11.5. The molecular formula is C10H21NO2. The van der Waals surface area contributed by atoms with E-state index in [0.29, 0.717) is 5.92 Å². The van der Waals surface area contributed by atoms with E-state index in [1.165, 1.54) is 0 Å². The van der Waals surface area contributed by atoms with Gasteiger partial charge < -0.3 is 10.0 Å². The number of hydrogen-bond donors (Lipinski definition) is 1. The lowest BCUT2D eigenvalue weighted by atomic mass is 10.0. The fourth-order valence-electron chi connectivity index (χ4n) is 1.15. The zero-order valence-corrected chi connectivity index (χ0v) is 9.29. The second kappa shape index (κ2) is 4.61. The normalized spacial score (nSPS) is 11.9. The van der Waals surface area contributed by atoms with Gasteiger partial charge in [0.15, 0.2) is 0 Å². The molecule has 0 aromatic carbocycles. The summed E-state index contributed by atoms with van der Waals surface area (Å²) in [6.07, 6.45) is 0.191. The summed E-state index contributed by atoms with van der Waals surface area (Å²) in [5, 5.41) is 9.42. The van der Waals surface area contributed by atoms with Crippen LogP contribution in [0.15, 0.2) is 0 Å². The van der Waals surface area contributed by atoms with Crippen LogP contribution in [-0.4, -0.2) is 35.1 Å². The maximum absolute atomic E-state index is 11.5. The summed E-state index contributed by atoms with van der Waals surface area (Å²) in [7, 11) is 1.77. The second-order valence-corrected chi connectivity index (χ2v) is 4.66. The standard InChI is InChI=1S/C10H21NO2/c1-8(2)7-11(5)9(12)6-10(3,4)13/h8,13H,6-7H2,1-5H3. The van der Waals surface area contributed by atoms with Gasteiger partial charge in [-0.05, 0) is 19.8 Å². The van der Waals surface area contributed by atoms with E-state index in [1.54, 1.807) is 25.8 Å². The number of nitrogens with zero attached hydrogens (tertiary/aromatic N) is 1. The highest BCUT2D eigenvalue weighted by Gasteiger charge is 2.20. The minimum Gasteiger partial charge on any atom is -0.390 e. The Morgan fingerprint density at radius 2 is 1.92 bits per heavy atom. The maximum Gasteiger partial charge on any atom is 0.225 e. The van der Waals surface area contributed by atoms with E-state index < -0.39 is 5.60 Å². The van der Waals surface area contributed by atoms with Crippen molar-refractivity contribution < 1.29 is 9.90 Å². The molecule has 1 amide bonds. The Morgan fingerprint density at radius 3 is 2.23 bits per heavy atom. The first-order valence-electron chi connectivity index (χ1n) is 4.68. The van der Waals surface area contributed by atoms with E-state index in [9.17, 15) is 9.90 Å². The highest BCUT2D eigenvalue weighted by Crippen LogP contribution is 2.09. The van der Waals surface area contributed by atoms with Crippen LogP contribution in [-0.2, 0) is 4.79 Å². The van der Waals surface area contributed by atoms with Gasteiger partial charge >= 0.3 is 0 Å². The molecule has 13 heavy (non-hydrogen) atoms. The molecule has 0 aromatic rings. The van der Waals surface area contributed by atoms with Gasteiger partial charge in [0, 0.05) is 13.6 Å². The molecule has 0 aliphatic heterocycles. The average molecular weight is 187 g/mol. The van der Waals surface area contributed by atoms with Crippen LogP contribution in [0.2, 0.25) is 0 Å². The van der Waals surface area contributed by atoms with Crippen LogP contribution >= 0.6 is 0 Å². The first-order chi connectivity index (χ1) is 5.72. The van der Waals surface area contributed by atoms with Crippen LogP contribution < -0.4 is 0 Å². The predicted molar refractivity (Wildman–Crippen MR) is 53.4 cm³/mol. The van der Waals surface area contributed by atoms with Crippen molar-refractivity contribution in [3.63, 3.8) is 0 Å². The Morgan fingerprint density at radius 1 is 1.46 bits per heavy atom. The molecule has 78 valence electrons. The lowest BCUT2D eigenvalue weighted by Crippen LogP contribution is -2.35. The third kappa shape index (κ3) is 6.58. The molecule has 0 saturated heterocycles. The van der Waals surface area contributed by atoms with Crippen molar-refractivity contribution in [1.29, 1.82) is 0 Å². The Bertz CT molecular complexity index is 170.